The van der Waals surface area contributed by atoms with Crippen LogP contribution in [-0.2, 0) is 16.1 Å². The van der Waals surface area contributed by atoms with Crippen molar-refractivity contribution in [3.05, 3.63) is 71.4 Å². The molecule has 0 saturated heterocycles. The van der Waals surface area contributed by atoms with Crippen molar-refractivity contribution >= 4 is 23.6 Å². The molecule has 0 bridgehead atoms. The molecule has 2 aromatic rings. The average molecular weight is 363 g/mol. The first-order valence-corrected chi connectivity index (χ1v) is 9.04. The van der Waals surface area contributed by atoms with Crippen LogP contribution in [0.5, 0.6) is 0 Å². The summed E-state index contributed by atoms with van der Waals surface area (Å²) >= 11 is 0. The smallest absolute Gasteiger partial charge is 0.223 e. The maximum atomic E-state index is 12.6. The Morgan fingerprint density at radius 1 is 1.07 bits per heavy atom. The fourth-order valence-corrected chi connectivity index (χ4v) is 3.27. The molecule has 0 spiro atoms. The molecule has 0 aromatic heterocycles. The third-order valence-corrected chi connectivity index (χ3v) is 4.79. The highest BCUT2D eigenvalue weighted by Crippen LogP contribution is 2.32. The van der Waals surface area contributed by atoms with E-state index in [0.29, 0.717) is 6.54 Å². The normalized spacial score (nSPS) is 15.2. The molecule has 0 unspecified atom stereocenters. The molecule has 1 N–H and O–H groups in total. The number of nitrogens with zero attached hydrogens (tertiary/aromatic N) is 2. The minimum absolute atomic E-state index is 0.0715. The predicted octanol–water partition coefficient (Wildman–Crippen LogP) is 3.33. The monoisotopic (exact) mass is 363 g/mol. The van der Waals surface area contributed by atoms with Gasteiger partial charge in [0, 0.05) is 39.5 Å². The Morgan fingerprint density at radius 3 is 2.44 bits per heavy atom. The first-order chi connectivity index (χ1) is 13.0. The quantitative estimate of drug-likeness (QED) is 0.886. The summed E-state index contributed by atoms with van der Waals surface area (Å²) in [4.78, 5) is 28.2. The second kappa shape index (κ2) is 8.08. The summed E-state index contributed by atoms with van der Waals surface area (Å²) in [5.74, 6) is -0.147. The molecule has 3 rings (SSSR count). The summed E-state index contributed by atoms with van der Waals surface area (Å²) < 4.78 is 0. The number of benzene rings is 2. The van der Waals surface area contributed by atoms with Crippen LogP contribution in [0.1, 0.15) is 36.1 Å². The highest BCUT2D eigenvalue weighted by atomic mass is 16.2. The van der Waals surface area contributed by atoms with Crippen LogP contribution in [-0.4, -0.2) is 30.8 Å². The zero-order valence-electron chi connectivity index (χ0n) is 16.0. The maximum absolute atomic E-state index is 12.6. The summed E-state index contributed by atoms with van der Waals surface area (Å²) in [6.45, 7) is 1.99. The van der Waals surface area contributed by atoms with Crippen LogP contribution < -0.4 is 10.2 Å². The van der Waals surface area contributed by atoms with Crippen molar-refractivity contribution in [1.29, 1.82) is 0 Å². The second-order valence-electron chi connectivity index (χ2n) is 6.93. The number of fused-ring (bicyclic) bond motifs is 1. The van der Waals surface area contributed by atoms with Gasteiger partial charge < -0.3 is 15.1 Å². The van der Waals surface area contributed by atoms with Gasteiger partial charge in [-0.15, -0.1) is 0 Å². The number of rotatable bonds is 5. The Bertz CT molecular complexity index is 856. The molecule has 0 saturated carbocycles. The van der Waals surface area contributed by atoms with Gasteiger partial charge in [-0.25, -0.2) is 0 Å². The van der Waals surface area contributed by atoms with Crippen LogP contribution in [0.4, 0.5) is 5.69 Å². The van der Waals surface area contributed by atoms with E-state index in [1.54, 1.807) is 11.1 Å². The molecule has 1 aliphatic heterocycles. The molecule has 27 heavy (non-hydrogen) atoms. The number of anilines is 1. The van der Waals surface area contributed by atoms with Gasteiger partial charge in [0.05, 0.1) is 12.5 Å². The van der Waals surface area contributed by atoms with Gasteiger partial charge in [0.1, 0.15) is 0 Å². The molecule has 0 aliphatic carbocycles. The first kappa shape index (κ1) is 18.7. The van der Waals surface area contributed by atoms with E-state index < -0.39 is 0 Å². The molecule has 0 fully saturated rings. The van der Waals surface area contributed by atoms with Crippen LogP contribution >= 0.6 is 0 Å². The van der Waals surface area contributed by atoms with E-state index in [-0.39, 0.29) is 24.3 Å². The van der Waals surface area contributed by atoms with Crippen LogP contribution in [0, 0.1) is 0 Å². The Labute approximate surface area is 160 Å². The minimum Gasteiger partial charge on any atom is -0.378 e. The standard InChI is InChI=1S/C22H25N3O2/c1-16(26)25-13-12-18-6-4-5-7-20(18)21(25)14-22(27)23-15-17-8-10-19(11-9-17)24(2)3/h4-13,21H,14-15H2,1-3H3,(H,23,27)/t21-/m1/s1. The molecule has 5 nitrogen and oxygen atoms in total. The van der Waals surface area contributed by atoms with E-state index in [4.69, 9.17) is 0 Å². The van der Waals surface area contributed by atoms with Gasteiger partial charge in [-0.1, -0.05) is 36.4 Å². The van der Waals surface area contributed by atoms with E-state index in [1.807, 2.05) is 73.6 Å². The van der Waals surface area contributed by atoms with Crippen molar-refractivity contribution in [2.75, 3.05) is 19.0 Å². The van der Waals surface area contributed by atoms with E-state index in [1.165, 1.54) is 6.92 Å². The summed E-state index contributed by atoms with van der Waals surface area (Å²) in [7, 11) is 3.99. The Morgan fingerprint density at radius 2 is 1.78 bits per heavy atom. The van der Waals surface area contributed by atoms with Gasteiger partial charge in [-0.3, -0.25) is 9.59 Å². The van der Waals surface area contributed by atoms with Gasteiger partial charge in [-0.2, -0.15) is 0 Å². The Hall–Kier alpha value is -3.08. The zero-order chi connectivity index (χ0) is 19.4. The fourth-order valence-electron chi connectivity index (χ4n) is 3.27. The first-order valence-electron chi connectivity index (χ1n) is 9.04. The SMILES string of the molecule is CC(=O)N1C=Cc2ccccc2[C@H]1CC(=O)NCc1ccc(N(C)C)cc1. The minimum atomic E-state index is -0.278. The lowest BCUT2D eigenvalue weighted by Gasteiger charge is -2.32. The summed E-state index contributed by atoms with van der Waals surface area (Å²) in [6, 6.07) is 15.7. The third-order valence-electron chi connectivity index (χ3n) is 4.79. The largest absolute Gasteiger partial charge is 0.378 e. The lowest BCUT2D eigenvalue weighted by atomic mass is 9.93. The predicted molar refractivity (Wildman–Crippen MR) is 108 cm³/mol. The van der Waals surface area contributed by atoms with E-state index in [9.17, 15) is 9.59 Å². The third kappa shape index (κ3) is 4.37. The number of carbonyl (C=O) groups is 2. The molecule has 140 valence electrons. The van der Waals surface area contributed by atoms with Crippen LogP contribution in [0.15, 0.2) is 54.7 Å². The van der Waals surface area contributed by atoms with Crippen LogP contribution in [0.3, 0.4) is 0 Å². The number of amides is 2. The van der Waals surface area contributed by atoms with Crippen molar-refractivity contribution in [2.45, 2.75) is 25.9 Å². The van der Waals surface area contributed by atoms with Crippen molar-refractivity contribution in [3.8, 4) is 0 Å². The second-order valence-corrected chi connectivity index (χ2v) is 6.93. The highest BCUT2D eigenvalue weighted by Gasteiger charge is 2.27. The molecule has 2 amide bonds. The van der Waals surface area contributed by atoms with Crippen molar-refractivity contribution in [3.63, 3.8) is 0 Å². The van der Waals surface area contributed by atoms with Gasteiger partial charge in [0.2, 0.25) is 11.8 Å². The Balaban J connectivity index is 1.66. The van der Waals surface area contributed by atoms with Crippen molar-refractivity contribution in [2.24, 2.45) is 0 Å². The molecular weight excluding hydrogens is 338 g/mol. The number of hydrogen-bond acceptors (Lipinski definition) is 3. The van der Waals surface area contributed by atoms with Crippen LogP contribution in [0.25, 0.3) is 6.08 Å². The summed E-state index contributed by atoms with van der Waals surface area (Å²) in [6.07, 6.45) is 3.91. The highest BCUT2D eigenvalue weighted by molar-refractivity contribution is 5.81. The van der Waals surface area contributed by atoms with E-state index >= 15 is 0 Å². The molecule has 1 heterocycles. The average Bonchev–Trinajstić information content (AvgIpc) is 2.66. The molecule has 1 aliphatic rings. The van der Waals surface area contributed by atoms with Gasteiger partial charge >= 0.3 is 0 Å². The molecule has 5 heteroatoms. The fraction of sp³-hybridized carbons (Fsp3) is 0.273. The molecule has 1 atom stereocenters. The maximum Gasteiger partial charge on any atom is 0.223 e. The van der Waals surface area contributed by atoms with E-state index in [0.717, 1.165) is 22.4 Å². The summed E-state index contributed by atoms with van der Waals surface area (Å²) in [5.41, 5.74) is 4.21. The Kier molecular flexibility index (Phi) is 5.60. The summed E-state index contributed by atoms with van der Waals surface area (Å²) in [5, 5.41) is 2.97. The van der Waals surface area contributed by atoms with Gasteiger partial charge in [-0.05, 0) is 34.9 Å². The molecule has 0 radical (unpaired) electrons. The van der Waals surface area contributed by atoms with Gasteiger partial charge in [0.15, 0.2) is 0 Å². The topological polar surface area (TPSA) is 52.7 Å². The number of nitrogens with one attached hydrogen (secondary N) is 1. The lowest BCUT2D eigenvalue weighted by Crippen LogP contribution is -2.35. The van der Waals surface area contributed by atoms with Crippen molar-refractivity contribution in [1.82, 2.24) is 10.2 Å². The molecule has 2 aromatic carbocycles. The zero-order valence-corrected chi connectivity index (χ0v) is 16.0. The number of carbonyl (C=O) groups excluding carboxylic acids is 2. The van der Waals surface area contributed by atoms with Crippen LogP contribution in [0.2, 0.25) is 0 Å². The molecular formula is C22H25N3O2. The van der Waals surface area contributed by atoms with Crippen molar-refractivity contribution < 1.29 is 9.59 Å². The van der Waals surface area contributed by atoms with Gasteiger partial charge in [0.25, 0.3) is 0 Å². The van der Waals surface area contributed by atoms with E-state index in [2.05, 4.69) is 5.32 Å². The number of hydrogen-bond donors (Lipinski definition) is 1. The lowest BCUT2D eigenvalue weighted by molar-refractivity contribution is -0.130.